The molecular formula is C23H24BrNO6. The van der Waals surface area contributed by atoms with Gasteiger partial charge in [-0.05, 0) is 43.4 Å². The van der Waals surface area contributed by atoms with E-state index in [2.05, 4.69) is 15.9 Å². The summed E-state index contributed by atoms with van der Waals surface area (Å²) in [5, 5.41) is 9.54. The first-order valence-corrected chi connectivity index (χ1v) is 11.1. The van der Waals surface area contributed by atoms with Gasteiger partial charge in [0.2, 0.25) is 0 Å². The Hall–Kier alpha value is -2.61. The van der Waals surface area contributed by atoms with E-state index < -0.39 is 11.9 Å². The van der Waals surface area contributed by atoms with Crippen LogP contribution in [0.4, 0.5) is 0 Å². The first-order valence-electron chi connectivity index (χ1n) is 10.3. The van der Waals surface area contributed by atoms with Gasteiger partial charge in [0.15, 0.2) is 23.1 Å². The van der Waals surface area contributed by atoms with Gasteiger partial charge >= 0.3 is 5.97 Å². The Bertz CT molecular complexity index is 997. The van der Waals surface area contributed by atoms with E-state index in [1.54, 1.807) is 24.1 Å². The van der Waals surface area contributed by atoms with E-state index in [0.29, 0.717) is 65.6 Å². The molecule has 0 radical (unpaired) electrons. The first-order chi connectivity index (χ1) is 14.9. The minimum absolute atomic E-state index is 0.0340. The van der Waals surface area contributed by atoms with Crippen LogP contribution in [-0.2, 0) is 14.4 Å². The van der Waals surface area contributed by atoms with Gasteiger partial charge in [-0.25, -0.2) is 0 Å². The highest BCUT2D eigenvalue weighted by atomic mass is 79.9. The molecule has 0 bridgehead atoms. The number of nitrogens with zero attached hydrogens (tertiary/aromatic N) is 1. The van der Waals surface area contributed by atoms with Crippen LogP contribution in [0.25, 0.3) is 0 Å². The van der Waals surface area contributed by atoms with Crippen molar-refractivity contribution < 1.29 is 29.0 Å². The quantitative estimate of drug-likeness (QED) is 0.668. The summed E-state index contributed by atoms with van der Waals surface area (Å²) in [7, 11) is 3.09. The third-order valence-electron chi connectivity index (χ3n) is 6.19. The normalized spacial score (nSPS) is 19.4. The molecule has 1 aromatic rings. The molecule has 0 fully saturated rings. The maximum absolute atomic E-state index is 13.2. The predicted molar refractivity (Wildman–Crippen MR) is 116 cm³/mol. The molecule has 0 aromatic heterocycles. The fourth-order valence-electron chi connectivity index (χ4n) is 4.94. The Morgan fingerprint density at radius 3 is 2.00 bits per heavy atom. The van der Waals surface area contributed by atoms with E-state index in [-0.39, 0.29) is 18.1 Å². The van der Waals surface area contributed by atoms with Gasteiger partial charge in [0.25, 0.3) is 0 Å². The van der Waals surface area contributed by atoms with E-state index >= 15 is 0 Å². The second-order valence-corrected chi connectivity index (χ2v) is 8.77. The Morgan fingerprint density at radius 2 is 1.52 bits per heavy atom. The number of hydrogen-bond donors (Lipinski definition) is 1. The van der Waals surface area contributed by atoms with Crippen LogP contribution in [0.5, 0.6) is 11.5 Å². The zero-order valence-electron chi connectivity index (χ0n) is 17.5. The van der Waals surface area contributed by atoms with Crippen molar-refractivity contribution in [3.63, 3.8) is 0 Å². The summed E-state index contributed by atoms with van der Waals surface area (Å²) in [6.07, 6.45) is 3.34. The molecule has 1 aromatic carbocycles. The number of carbonyl (C=O) groups is 3. The van der Waals surface area contributed by atoms with Gasteiger partial charge < -0.3 is 19.5 Å². The average molecular weight is 490 g/mol. The third kappa shape index (κ3) is 3.67. The number of ether oxygens (including phenoxy) is 2. The monoisotopic (exact) mass is 489 g/mol. The molecule has 0 unspecified atom stereocenters. The van der Waals surface area contributed by atoms with Crippen molar-refractivity contribution in [1.82, 2.24) is 4.90 Å². The first kappa shape index (κ1) is 21.6. The summed E-state index contributed by atoms with van der Waals surface area (Å²) in [4.78, 5) is 39.7. The molecule has 7 nitrogen and oxygen atoms in total. The van der Waals surface area contributed by atoms with Crippen LogP contribution < -0.4 is 9.47 Å². The summed E-state index contributed by atoms with van der Waals surface area (Å²) < 4.78 is 11.6. The van der Waals surface area contributed by atoms with Crippen LogP contribution in [0.15, 0.2) is 39.1 Å². The number of carbonyl (C=O) groups excluding carboxylic acids is 2. The Kier molecular flexibility index (Phi) is 5.92. The number of Topliss-reactive ketones (excluding diaryl/α,β-unsaturated/α-hetero) is 2. The fraction of sp³-hybridized carbons (Fsp3) is 0.435. The summed E-state index contributed by atoms with van der Waals surface area (Å²) in [5.41, 5.74) is 3.29. The minimum Gasteiger partial charge on any atom is -0.493 e. The third-order valence-corrected chi connectivity index (χ3v) is 6.88. The highest BCUT2D eigenvalue weighted by molar-refractivity contribution is 9.10. The molecule has 1 heterocycles. The summed E-state index contributed by atoms with van der Waals surface area (Å²) in [5.74, 6) is -0.564. The molecule has 0 saturated carbocycles. The minimum atomic E-state index is -0.986. The number of methoxy groups -OCH3 is 2. The molecule has 8 heteroatoms. The van der Waals surface area contributed by atoms with Gasteiger partial charge in [-0.2, -0.15) is 0 Å². The molecule has 1 aliphatic heterocycles. The number of rotatable bonds is 5. The van der Waals surface area contributed by atoms with Crippen LogP contribution in [0.2, 0.25) is 0 Å². The number of aliphatic carboxylic acids is 1. The molecular weight excluding hydrogens is 466 g/mol. The van der Waals surface area contributed by atoms with Crippen molar-refractivity contribution in [2.45, 2.75) is 44.4 Å². The van der Waals surface area contributed by atoms with Crippen molar-refractivity contribution >= 4 is 33.5 Å². The number of ketones is 2. The highest BCUT2D eigenvalue weighted by Crippen LogP contribution is 2.51. The number of benzene rings is 1. The molecule has 0 saturated heterocycles. The van der Waals surface area contributed by atoms with Gasteiger partial charge in [0, 0.05) is 45.8 Å². The highest BCUT2D eigenvalue weighted by Gasteiger charge is 2.44. The fourth-order valence-corrected chi connectivity index (χ4v) is 5.50. The molecule has 0 amide bonds. The van der Waals surface area contributed by atoms with Crippen LogP contribution in [0.1, 0.15) is 50.0 Å². The smallest absolute Gasteiger partial charge is 0.323 e. The standard InChI is InChI=1S/C23H24BrNO6/c1-30-18-9-12(13(24)10-19(18)31-2)21-22-14(5-3-7-16(22)26)25(11-20(28)29)15-6-4-8-17(27)23(15)21/h9-10,21H,3-8,11H2,1-2H3,(H,28,29). The molecule has 0 spiro atoms. The molecule has 31 heavy (non-hydrogen) atoms. The zero-order chi connectivity index (χ0) is 22.3. The molecule has 2 aliphatic carbocycles. The molecule has 164 valence electrons. The lowest BCUT2D eigenvalue weighted by Gasteiger charge is -2.43. The molecule has 0 atom stereocenters. The van der Waals surface area contributed by atoms with Crippen LogP contribution >= 0.6 is 15.9 Å². The summed E-state index contributed by atoms with van der Waals surface area (Å²) in [6, 6.07) is 3.58. The predicted octanol–water partition coefficient (Wildman–Crippen LogP) is 3.96. The zero-order valence-corrected chi connectivity index (χ0v) is 19.1. The lowest BCUT2D eigenvalue weighted by atomic mass is 9.71. The van der Waals surface area contributed by atoms with Crippen molar-refractivity contribution in [1.29, 1.82) is 0 Å². The number of carboxylic acid groups (broad SMARTS) is 1. The lowest BCUT2D eigenvalue weighted by molar-refractivity contribution is -0.138. The maximum Gasteiger partial charge on any atom is 0.323 e. The number of carboxylic acids is 1. The van der Waals surface area contributed by atoms with Gasteiger partial charge in [-0.1, -0.05) is 15.9 Å². The Balaban J connectivity index is 1.99. The van der Waals surface area contributed by atoms with E-state index in [0.717, 1.165) is 17.0 Å². The van der Waals surface area contributed by atoms with Gasteiger partial charge in [0.1, 0.15) is 6.54 Å². The maximum atomic E-state index is 13.2. The molecule has 1 N–H and O–H groups in total. The van der Waals surface area contributed by atoms with Crippen LogP contribution in [0, 0.1) is 0 Å². The second-order valence-electron chi connectivity index (χ2n) is 7.92. The van der Waals surface area contributed by atoms with Crippen LogP contribution in [0.3, 0.4) is 0 Å². The van der Waals surface area contributed by atoms with Gasteiger partial charge in [0.05, 0.1) is 14.2 Å². The van der Waals surface area contributed by atoms with Crippen molar-refractivity contribution in [2.24, 2.45) is 0 Å². The average Bonchev–Trinajstić information content (AvgIpc) is 2.74. The van der Waals surface area contributed by atoms with E-state index in [9.17, 15) is 19.5 Å². The van der Waals surface area contributed by atoms with Crippen molar-refractivity contribution in [3.8, 4) is 11.5 Å². The Labute approximate surface area is 188 Å². The largest absolute Gasteiger partial charge is 0.493 e. The summed E-state index contributed by atoms with van der Waals surface area (Å²) >= 11 is 3.60. The van der Waals surface area contributed by atoms with E-state index in [4.69, 9.17) is 9.47 Å². The topological polar surface area (TPSA) is 93.1 Å². The molecule has 4 rings (SSSR count). The number of hydrogen-bond acceptors (Lipinski definition) is 6. The number of halogens is 1. The summed E-state index contributed by atoms with van der Waals surface area (Å²) in [6.45, 7) is -0.252. The van der Waals surface area contributed by atoms with Gasteiger partial charge in [-0.15, -0.1) is 0 Å². The SMILES string of the molecule is COc1cc(Br)c(C2C3=C(CCCC3=O)N(CC(=O)O)C3=C2C(=O)CCC3)cc1OC. The van der Waals surface area contributed by atoms with Gasteiger partial charge in [-0.3, -0.25) is 14.4 Å². The number of allylic oxidation sites excluding steroid dienone is 4. The van der Waals surface area contributed by atoms with Crippen molar-refractivity contribution in [2.75, 3.05) is 20.8 Å². The van der Waals surface area contributed by atoms with E-state index in [1.807, 2.05) is 0 Å². The molecule has 3 aliphatic rings. The second kappa shape index (κ2) is 8.49. The lowest BCUT2D eigenvalue weighted by Crippen LogP contribution is -2.41. The Morgan fingerprint density at radius 1 is 1.00 bits per heavy atom. The van der Waals surface area contributed by atoms with Crippen LogP contribution in [-0.4, -0.2) is 48.3 Å². The van der Waals surface area contributed by atoms with Crippen molar-refractivity contribution in [3.05, 3.63) is 44.7 Å². The van der Waals surface area contributed by atoms with E-state index in [1.165, 1.54) is 7.11 Å².